The van der Waals surface area contributed by atoms with Crippen LogP contribution in [0.1, 0.15) is 59.8 Å². The lowest BCUT2D eigenvalue weighted by Crippen LogP contribution is -2.56. The standard InChI is InChI=1S/C25H45N3O5/c1-5-28(19-6-9-32-10-7-19)23-14-20(33-11-8-29)13-21(18(23)4)24(30)26-15-22-16(2)12-17(3)27-25(22)31/h16-23,29H,5-15H2,1-4H3,(H,26,30)(H,27,31). The van der Waals surface area contributed by atoms with Crippen molar-refractivity contribution >= 4 is 11.8 Å². The van der Waals surface area contributed by atoms with Crippen molar-refractivity contribution in [3.63, 3.8) is 0 Å². The van der Waals surface area contributed by atoms with E-state index in [2.05, 4.69) is 36.3 Å². The average molecular weight is 468 g/mol. The Morgan fingerprint density at radius 3 is 2.58 bits per heavy atom. The Kier molecular flexibility index (Phi) is 9.97. The molecule has 2 saturated heterocycles. The molecule has 3 aliphatic rings. The van der Waals surface area contributed by atoms with Crippen molar-refractivity contribution in [2.45, 2.75) is 84.0 Å². The van der Waals surface area contributed by atoms with E-state index >= 15 is 0 Å². The molecule has 1 aliphatic carbocycles. The average Bonchev–Trinajstić information content (AvgIpc) is 2.79. The van der Waals surface area contributed by atoms with Gasteiger partial charge in [-0.15, -0.1) is 0 Å². The van der Waals surface area contributed by atoms with Crippen molar-refractivity contribution in [1.29, 1.82) is 0 Å². The third-order valence-corrected chi connectivity index (χ3v) is 8.13. The zero-order valence-corrected chi connectivity index (χ0v) is 20.9. The van der Waals surface area contributed by atoms with Gasteiger partial charge in [-0.05, 0) is 57.4 Å². The Hall–Kier alpha value is -1.22. The number of amides is 2. The molecule has 0 bridgehead atoms. The Morgan fingerprint density at radius 1 is 1.21 bits per heavy atom. The van der Waals surface area contributed by atoms with Gasteiger partial charge in [0.25, 0.3) is 0 Å². The second-order valence-corrected chi connectivity index (χ2v) is 10.4. The number of rotatable bonds is 9. The van der Waals surface area contributed by atoms with Crippen LogP contribution in [0.25, 0.3) is 0 Å². The van der Waals surface area contributed by atoms with Crippen LogP contribution in [-0.2, 0) is 19.1 Å². The van der Waals surface area contributed by atoms with Gasteiger partial charge in [0.2, 0.25) is 11.8 Å². The van der Waals surface area contributed by atoms with Crippen LogP contribution in [0, 0.1) is 23.7 Å². The summed E-state index contributed by atoms with van der Waals surface area (Å²) in [5.74, 6) is 0.121. The maximum Gasteiger partial charge on any atom is 0.225 e. The highest BCUT2D eigenvalue weighted by molar-refractivity contribution is 5.83. The number of piperidine rings is 1. The van der Waals surface area contributed by atoms with Gasteiger partial charge in [0, 0.05) is 43.8 Å². The molecule has 0 radical (unpaired) electrons. The van der Waals surface area contributed by atoms with Gasteiger partial charge in [0.1, 0.15) is 0 Å². The summed E-state index contributed by atoms with van der Waals surface area (Å²) in [6, 6.07) is 0.891. The molecule has 8 nitrogen and oxygen atoms in total. The molecule has 3 rings (SSSR count). The summed E-state index contributed by atoms with van der Waals surface area (Å²) in [5.41, 5.74) is 0. The van der Waals surface area contributed by atoms with Crippen LogP contribution in [0.15, 0.2) is 0 Å². The summed E-state index contributed by atoms with van der Waals surface area (Å²) >= 11 is 0. The lowest BCUT2D eigenvalue weighted by molar-refractivity contribution is -0.136. The molecule has 190 valence electrons. The van der Waals surface area contributed by atoms with E-state index < -0.39 is 0 Å². The maximum atomic E-state index is 13.4. The molecule has 0 aromatic carbocycles. The van der Waals surface area contributed by atoms with Gasteiger partial charge in [0.15, 0.2) is 0 Å². The van der Waals surface area contributed by atoms with Crippen LogP contribution in [0.5, 0.6) is 0 Å². The third kappa shape index (κ3) is 6.68. The zero-order valence-electron chi connectivity index (χ0n) is 20.9. The lowest BCUT2D eigenvalue weighted by Gasteiger charge is -2.48. The predicted octanol–water partition coefficient (Wildman–Crippen LogP) is 1.56. The molecule has 7 unspecified atom stereocenters. The Morgan fingerprint density at radius 2 is 1.94 bits per heavy atom. The zero-order chi connectivity index (χ0) is 24.0. The fraction of sp³-hybridized carbons (Fsp3) is 0.920. The minimum atomic E-state index is -0.185. The van der Waals surface area contributed by atoms with Gasteiger partial charge < -0.3 is 25.2 Å². The molecule has 3 fully saturated rings. The summed E-state index contributed by atoms with van der Waals surface area (Å²) in [5, 5.41) is 15.4. The van der Waals surface area contributed by atoms with Crippen molar-refractivity contribution in [3.8, 4) is 0 Å². The van der Waals surface area contributed by atoms with E-state index in [1.54, 1.807) is 0 Å². The molecular formula is C25H45N3O5. The highest BCUT2D eigenvalue weighted by Gasteiger charge is 2.43. The molecule has 2 amide bonds. The summed E-state index contributed by atoms with van der Waals surface area (Å²) < 4.78 is 11.5. The van der Waals surface area contributed by atoms with E-state index in [1.807, 2.05) is 6.92 Å². The summed E-state index contributed by atoms with van der Waals surface area (Å²) in [4.78, 5) is 28.4. The van der Waals surface area contributed by atoms with E-state index in [0.717, 1.165) is 45.4 Å². The van der Waals surface area contributed by atoms with E-state index in [9.17, 15) is 14.7 Å². The van der Waals surface area contributed by atoms with Crippen LogP contribution in [0.2, 0.25) is 0 Å². The van der Waals surface area contributed by atoms with Crippen molar-refractivity contribution in [3.05, 3.63) is 0 Å². The SMILES string of the molecule is CCN(C1CCOCC1)C1CC(OCCO)CC(C(=O)NCC2C(=O)NC(C)CC2C)C1C. The third-order valence-electron chi connectivity index (χ3n) is 8.13. The summed E-state index contributed by atoms with van der Waals surface area (Å²) in [6.45, 7) is 11.7. The smallest absolute Gasteiger partial charge is 0.225 e. The van der Waals surface area contributed by atoms with Crippen LogP contribution in [-0.4, -0.2) is 85.6 Å². The van der Waals surface area contributed by atoms with Gasteiger partial charge in [-0.1, -0.05) is 20.8 Å². The van der Waals surface area contributed by atoms with Gasteiger partial charge in [-0.25, -0.2) is 0 Å². The maximum absolute atomic E-state index is 13.4. The molecule has 0 spiro atoms. The number of hydrogen-bond donors (Lipinski definition) is 3. The minimum Gasteiger partial charge on any atom is -0.394 e. The number of aliphatic hydroxyl groups is 1. The van der Waals surface area contributed by atoms with Gasteiger partial charge in [-0.2, -0.15) is 0 Å². The highest BCUT2D eigenvalue weighted by Crippen LogP contribution is 2.37. The second kappa shape index (κ2) is 12.5. The highest BCUT2D eigenvalue weighted by atomic mass is 16.5. The normalized spacial score (nSPS) is 35.9. The van der Waals surface area contributed by atoms with E-state index in [0.29, 0.717) is 25.6 Å². The van der Waals surface area contributed by atoms with Crippen LogP contribution in [0.3, 0.4) is 0 Å². The first kappa shape index (κ1) is 26.4. The minimum absolute atomic E-state index is 0.0157. The molecule has 0 aromatic rings. The second-order valence-electron chi connectivity index (χ2n) is 10.4. The van der Waals surface area contributed by atoms with Crippen LogP contribution in [0.4, 0.5) is 0 Å². The van der Waals surface area contributed by atoms with Crippen molar-refractivity contribution in [1.82, 2.24) is 15.5 Å². The molecular weight excluding hydrogens is 422 g/mol. The summed E-state index contributed by atoms with van der Waals surface area (Å²) in [7, 11) is 0. The Balaban J connectivity index is 1.68. The first-order valence-corrected chi connectivity index (χ1v) is 13.0. The number of nitrogens with one attached hydrogen (secondary N) is 2. The van der Waals surface area contributed by atoms with E-state index in [1.165, 1.54) is 0 Å². The lowest BCUT2D eigenvalue weighted by atomic mass is 9.73. The first-order chi connectivity index (χ1) is 15.8. The molecule has 7 atom stereocenters. The number of ether oxygens (including phenoxy) is 2. The molecule has 33 heavy (non-hydrogen) atoms. The van der Waals surface area contributed by atoms with Crippen molar-refractivity contribution in [2.75, 3.05) is 39.5 Å². The predicted molar refractivity (Wildman–Crippen MR) is 127 cm³/mol. The number of carbonyl (C=O) groups is 2. The van der Waals surface area contributed by atoms with E-state index in [4.69, 9.17) is 9.47 Å². The largest absolute Gasteiger partial charge is 0.394 e. The van der Waals surface area contributed by atoms with Crippen molar-refractivity contribution < 1.29 is 24.2 Å². The van der Waals surface area contributed by atoms with Gasteiger partial charge >= 0.3 is 0 Å². The molecule has 8 heteroatoms. The quantitative estimate of drug-likeness (QED) is 0.476. The molecule has 0 aromatic heterocycles. The Bertz CT molecular complexity index is 642. The van der Waals surface area contributed by atoms with Crippen LogP contribution >= 0.6 is 0 Å². The fourth-order valence-electron chi connectivity index (χ4n) is 6.29. The fourth-order valence-corrected chi connectivity index (χ4v) is 6.29. The van der Waals surface area contributed by atoms with Crippen molar-refractivity contribution in [2.24, 2.45) is 23.7 Å². The van der Waals surface area contributed by atoms with Gasteiger partial charge in [0.05, 0.1) is 25.2 Å². The molecule has 2 aliphatic heterocycles. The molecule has 3 N–H and O–H groups in total. The number of carbonyl (C=O) groups excluding carboxylic acids is 2. The monoisotopic (exact) mass is 467 g/mol. The van der Waals surface area contributed by atoms with Crippen LogP contribution < -0.4 is 10.6 Å². The number of hydrogen-bond acceptors (Lipinski definition) is 6. The topological polar surface area (TPSA) is 100 Å². The number of aliphatic hydroxyl groups excluding tert-OH is 1. The molecule has 2 heterocycles. The first-order valence-electron chi connectivity index (χ1n) is 13.0. The molecule has 1 saturated carbocycles. The van der Waals surface area contributed by atoms with Gasteiger partial charge in [-0.3, -0.25) is 14.5 Å². The van der Waals surface area contributed by atoms with E-state index in [-0.39, 0.29) is 60.3 Å². The Labute approximate surface area is 199 Å². The number of nitrogens with zero attached hydrogens (tertiary/aromatic N) is 1. The summed E-state index contributed by atoms with van der Waals surface area (Å²) in [6.07, 6.45) is 4.43.